The van der Waals surface area contributed by atoms with E-state index in [0.29, 0.717) is 17.0 Å². The zero-order valence-corrected chi connectivity index (χ0v) is 11.5. The van der Waals surface area contributed by atoms with Crippen molar-refractivity contribution in [2.45, 2.75) is 25.7 Å². The Morgan fingerprint density at radius 2 is 1.95 bits per heavy atom. The minimum Gasteiger partial charge on any atom is -0.469 e. The third kappa shape index (κ3) is 3.24. The normalized spacial score (nSPS) is 15.6. The molecule has 4 heteroatoms. The predicted molar refractivity (Wildman–Crippen MR) is 73.9 cm³/mol. The van der Waals surface area contributed by atoms with Crippen LogP contribution in [0.1, 0.15) is 31.2 Å². The summed E-state index contributed by atoms with van der Waals surface area (Å²) in [6.45, 7) is 0. The Bertz CT molecular complexity index is 529. The quantitative estimate of drug-likeness (QED) is 0.796. The van der Waals surface area contributed by atoms with Crippen LogP contribution in [0.3, 0.4) is 0 Å². The monoisotopic (exact) mass is 278 g/mol. The van der Waals surface area contributed by atoms with E-state index < -0.39 is 0 Å². The maximum absolute atomic E-state index is 12.1. The van der Waals surface area contributed by atoms with Crippen molar-refractivity contribution in [3.05, 3.63) is 40.4 Å². The highest BCUT2D eigenvalue weighted by molar-refractivity contribution is 6.30. The number of hydrogen-bond acceptors (Lipinski definition) is 3. The predicted octanol–water partition coefficient (Wildman–Crippen LogP) is 3.41. The van der Waals surface area contributed by atoms with Gasteiger partial charge < -0.3 is 4.74 Å². The van der Waals surface area contributed by atoms with Crippen LogP contribution in [-0.4, -0.2) is 18.9 Å². The number of methoxy groups -OCH3 is 1. The van der Waals surface area contributed by atoms with E-state index in [2.05, 4.69) is 4.74 Å². The molecule has 0 saturated heterocycles. The number of halogens is 1. The number of hydrogen-bond donors (Lipinski definition) is 0. The lowest BCUT2D eigenvalue weighted by Crippen LogP contribution is -2.14. The van der Waals surface area contributed by atoms with Crippen LogP contribution in [0.5, 0.6) is 0 Å². The fraction of sp³-hybridized carbons (Fsp3) is 0.333. The third-order valence-electron chi connectivity index (χ3n) is 3.23. The fourth-order valence-corrected chi connectivity index (χ4v) is 2.44. The highest BCUT2D eigenvalue weighted by atomic mass is 35.5. The lowest BCUT2D eigenvalue weighted by molar-refractivity contribution is -0.139. The zero-order chi connectivity index (χ0) is 13.8. The van der Waals surface area contributed by atoms with E-state index in [0.717, 1.165) is 24.0 Å². The van der Waals surface area contributed by atoms with Gasteiger partial charge >= 0.3 is 5.97 Å². The van der Waals surface area contributed by atoms with Gasteiger partial charge in [-0.15, -0.1) is 0 Å². The number of ether oxygens (including phenoxy) is 1. The molecular formula is C15H15ClO3. The molecule has 1 aliphatic carbocycles. The molecule has 0 atom stereocenters. The van der Waals surface area contributed by atoms with Crippen LogP contribution in [0.15, 0.2) is 29.8 Å². The molecule has 0 bridgehead atoms. The number of ketones is 1. The number of Topliss-reactive ketones (excluding diaryl/α,β-unsaturated/α-hetero) is 1. The van der Waals surface area contributed by atoms with Crippen molar-refractivity contribution in [2.24, 2.45) is 0 Å². The molecule has 0 heterocycles. The minimum atomic E-state index is -0.309. The van der Waals surface area contributed by atoms with E-state index in [9.17, 15) is 9.59 Å². The van der Waals surface area contributed by atoms with Gasteiger partial charge in [-0.1, -0.05) is 23.7 Å². The Morgan fingerprint density at radius 1 is 1.26 bits per heavy atom. The molecule has 0 aromatic heterocycles. The van der Waals surface area contributed by atoms with Crippen LogP contribution in [0, 0.1) is 0 Å². The first-order valence-corrected chi connectivity index (χ1v) is 6.57. The zero-order valence-electron chi connectivity index (χ0n) is 10.7. The number of carbonyl (C=O) groups is 2. The minimum absolute atomic E-state index is 0.0903. The Hall–Kier alpha value is -1.61. The molecule has 0 fully saturated rings. The molecule has 0 aliphatic heterocycles. The van der Waals surface area contributed by atoms with Crippen LogP contribution in [-0.2, 0) is 14.3 Å². The molecule has 2 rings (SSSR count). The van der Waals surface area contributed by atoms with Gasteiger partial charge in [-0.2, -0.15) is 0 Å². The molecule has 0 unspecified atom stereocenters. The van der Waals surface area contributed by atoms with Crippen molar-refractivity contribution in [1.29, 1.82) is 0 Å². The lowest BCUT2D eigenvalue weighted by atomic mass is 9.85. The van der Waals surface area contributed by atoms with Crippen molar-refractivity contribution in [1.82, 2.24) is 0 Å². The van der Waals surface area contributed by atoms with Crippen molar-refractivity contribution in [3.8, 4) is 0 Å². The van der Waals surface area contributed by atoms with Crippen LogP contribution in [0.25, 0.3) is 5.57 Å². The summed E-state index contributed by atoms with van der Waals surface area (Å²) in [5, 5.41) is 0.627. The van der Waals surface area contributed by atoms with E-state index in [4.69, 9.17) is 11.6 Å². The van der Waals surface area contributed by atoms with Gasteiger partial charge in [-0.3, -0.25) is 9.59 Å². The summed E-state index contributed by atoms with van der Waals surface area (Å²) in [6.07, 6.45) is 2.27. The summed E-state index contributed by atoms with van der Waals surface area (Å²) >= 11 is 5.86. The number of rotatable bonds is 3. The summed E-state index contributed by atoms with van der Waals surface area (Å²) in [5.41, 5.74) is 2.35. The number of esters is 1. The highest BCUT2D eigenvalue weighted by Crippen LogP contribution is 2.32. The number of benzene rings is 1. The molecule has 19 heavy (non-hydrogen) atoms. The van der Waals surface area contributed by atoms with Crippen molar-refractivity contribution in [3.63, 3.8) is 0 Å². The Kier molecular flexibility index (Phi) is 4.38. The Labute approximate surface area is 117 Å². The second-order valence-electron chi connectivity index (χ2n) is 4.52. The summed E-state index contributed by atoms with van der Waals surface area (Å²) in [6, 6.07) is 7.14. The number of carbonyl (C=O) groups excluding carboxylic acids is 2. The second kappa shape index (κ2) is 6.02. The molecule has 0 saturated carbocycles. The van der Waals surface area contributed by atoms with Gasteiger partial charge in [0.15, 0.2) is 5.78 Å². The second-order valence-corrected chi connectivity index (χ2v) is 4.95. The third-order valence-corrected chi connectivity index (χ3v) is 3.49. The highest BCUT2D eigenvalue weighted by Gasteiger charge is 2.23. The average molecular weight is 279 g/mol. The molecule has 3 nitrogen and oxygen atoms in total. The summed E-state index contributed by atoms with van der Waals surface area (Å²) < 4.78 is 4.69. The molecule has 1 aliphatic rings. The topological polar surface area (TPSA) is 43.4 Å². The van der Waals surface area contributed by atoms with Crippen LogP contribution < -0.4 is 0 Å². The first kappa shape index (κ1) is 13.8. The smallest absolute Gasteiger partial charge is 0.309 e. The van der Waals surface area contributed by atoms with Gasteiger partial charge in [0.1, 0.15) is 0 Å². The number of allylic oxidation sites excluding steroid dienone is 1. The molecule has 0 spiro atoms. The van der Waals surface area contributed by atoms with Crippen LogP contribution in [0.4, 0.5) is 0 Å². The van der Waals surface area contributed by atoms with Crippen molar-refractivity contribution < 1.29 is 14.3 Å². The van der Waals surface area contributed by atoms with E-state index in [1.54, 1.807) is 12.1 Å². The SMILES string of the molecule is COC(=O)CC1=C(c2ccc(Cl)cc2)C(=O)CCC1. The molecule has 100 valence electrons. The van der Waals surface area contributed by atoms with E-state index in [1.165, 1.54) is 7.11 Å². The first-order valence-electron chi connectivity index (χ1n) is 6.20. The van der Waals surface area contributed by atoms with E-state index in [-0.39, 0.29) is 18.2 Å². The maximum Gasteiger partial charge on any atom is 0.309 e. The first-order chi connectivity index (χ1) is 9.11. The molecule has 0 N–H and O–H groups in total. The van der Waals surface area contributed by atoms with Gasteiger partial charge in [0, 0.05) is 17.0 Å². The van der Waals surface area contributed by atoms with Gasteiger partial charge in [0.05, 0.1) is 13.5 Å². The lowest BCUT2D eigenvalue weighted by Gasteiger charge is -2.19. The van der Waals surface area contributed by atoms with Crippen molar-refractivity contribution >= 4 is 28.9 Å². The van der Waals surface area contributed by atoms with Gasteiger partial charge in [-0.05, 0) is 36.1 Å². The standard InChI is InChI=1S/C15H15ClO3/c1-19-14(18)9-11-3-2-4-13(17)15(11)10-5-7-12(16)8-6-10/h5-8H,2-4,9H2,1H3. The molecular weight excluding hydrogens is 264 g/mol. The molecule has 0 radical (unpaired) electrons. The summed E-state index contributed by atoms with van der Waals surface area (Å²) in [5.74, 6) is -0.219. The Balaban J connectivity index is 2.41. The van der Waals surface area contributed by atoms with Gasteiger partial charge in [0.2, 0.25) is 0 Å². The van der Waals surface area contributed by atoms with Crippen molar-refractivity contribution in [2.75, 3.05) is 7.11 Å². The van der Waals surface area contributed by atoms with Gasteiger partial charge in [0.25, 0.3) is 0 Å². The molecule has 0 amide bonds. The maximum atomic E-state index is 12.1. The summed E-state index contributed by atoms with van der Waals surface area (Å²) in [7, 11) is 1.36. The Morgan fingerprint density at radius 3 is 2.58 bits per heavy atom. The van der Waals surface area contributed by atoms with E-state index >= 15 is 0 Å². The van der Waals surface area contributed by atoms with Crippen LogP contribution >= 0.6 is 11.6 Å². The molecule has 1 aromatic carbocycles. The van der Waals surface area contributed by atoms with E-state index in [1.807, 2.05) is 12.1 Å². The van der Waals surface area contributed by atoms with Gasteiger partial charge in [-0.25, -0.2) is 0 Å². The summed E-state index contributed by atoms with van der Waals surface area (Å²) in [4.78, 5) is 23.5. The molecule has 1 aromatic rings. The fourth-order valence-electron chi connectivity index (χ4n) is 2.31. The average Bonchev–Trinajstić information content (AvgIpc) is 2.40. The largest absolute Gasteiger partial charge is 0.469 e. The van der Waals surface area contributed by atoms with Crippen LogP contribution in [0.2, 0.25) is 5.02 Å².